The normalized spacial score (nSPS) is 10.9. The van der Waals surface area contributed by atoms with Crippen LogP contribution in [0.15, 0.2) is 126 Å². The fourth-order valence-electron chi connectivity index (χ4n) is 3.89. The summed E-state index contributed by atoms with van der Waals surface area (Å²) in [7, 11) is -6.00. The molecule has 0 amide bonds. The fraction of sp³-hybridized carbons (Fsp3) is 0.0333. The van der Waals surface area contributed by atoms with Gasteiger partial charge in [-0.1, -0.05) is 97.1 Å². The largest absolute Gasteiger partial charge is 0.673 e. The van der Waals surface area contributed by atoms with Crippen LogP contribution in [0.4, 0.5) is 17.3 Å². The molecule has 0 spiro atoms. The molecule has 5 rings (SSSR count). The highest BCUT2D eigenvalue weighted by molar-refractivity contribution is 6.50. The lowest BCUT2D eigenvalue weighted by Gasteiger charge is -2.05. The van der Waals surface area contributed by atoms with E-state index in [4.69, 9.17) is 4.42 Å². The van der Waals surface area contributed by atoms with Crippen molar-refractivity contribution in [2.24, 2.45) is 0 Å². The first-order chi connectivity index (χ1) is 17.3. The first kappa shape index (κ1) is 24.9. The van der Waals surface area contributed by atoms with Crippen molar-refractivity contribution in [3.05, 3.63) is 127 Å². The van der Waals surface area contributed by atoms with E-state index in [0.717, 1.165) is 22.6 Å². The van der Waals surface area contributed by atoms with Crippen molar-refractivity contribution in [2.75, 3.05) is 0 Å². The average molecular weight is 486 g/mol. The first-order valence-corrected chi connectivity index (χ1v) is 11.4. The minimum Gasteiger partial charge on any atom is -0.418 e. The van der Waals surface area contributed by atoms with E-state index in [2.05, 4.69) is 109 Å². The van der Waals surface area contributed by atoms with E-state index in [1.807, 2.05) is 19.1 Å². The van der Waals surface area contributed by atoms with Crippen LogP contribution in [0.3, 0.4) is 0 Å². The second-order valence-corrected chi connectivity index (χ2v) is 8.20. The quantitative estimate of drug-likeness (QED) is 0.140. The van der Waals surface area contributed by atoms with Gasteiger partial charge in [-0.2, -0.15) is 0 Å². The van der Waals surface area contributed by atoms with Gasteiger partial charge in [-0.3, -0.25) is 0 Å². The lowest BCUT2D eigenvalue weighted by atomic mass is 9.99. The number of rotatable bonds is 4. The van der Waals surface area contributed by atoms with Crippen LogP contribution >= 0.6 is 0 Å². The number of hydrogen-bond donors (Lipinski definition) is 0. The Kier molecular flexibility index (Phi) is 7.64. The van der Waals surface area contributed by atoms with Crippen molar-refractivity contribution in [1.29, 1.82) is 0 Å². The molecule has 36 heavy (non-hydrogen) atoms. The molecule has 0 fully saturated rings. The van der Waals surface area contributed by atoms with Crippen molar-refractivity contribution < 1.29 is 21.7 Å². The lowest BCUT2D eigenvalue weighted by Crippen LogP contribution is -2.02. The number of aryl methyl sites for hydroxylation is 1. The third kappa shape index (κ3) is 6.92. The van der Waals surface area contributed by atoms with E-state index in [-0.39, 0.29) is 0 Å². The van der Waals surface area contributed by atoms with Gasteiger partial charge in [0.1, 0.15) is 0 Å². The second kappa shape index (κ2) is 11.0. The van der Waals surface area contributed by atoms with Gasteiger partial charge in [0.05, 0.1) is 18.6 Å². The van der Waals surface area contributed by atoms with Gasteiger partial charge in [-0.05, 0) is 39.9 Å². The minimum absolute atomic E-state index is 0.877. The molecule has 0 aliphatic rings. The zero-order valence-electron chi connectivity index (χ0n) is 19.5. The third-order valence-corrected chi connectivity index (χ3v) is 5.52. The second-order valence-electron chi connectivity index (χ2n) is 8.20. The van der Waals surface area contributed by atoms with Crippen LogP contribution in [0.5, 0.6) is 0 Å². The van der Waals surface area contributed by atoms with E-state index in [9.17, 15) is 17.3 Å². The van der Waals surface area contributed by atoms with Gasteiger partial charge in [-0.25, -0.2) is 4.42 Å². The maximum Gasteiger partial charge on any atom is 0.673 e. The molecule has 1 aromatic heterocycles. The molecule has 1 heterocycles. The van der Waals surface area contributed by atoms with Crippen LogP contribution < -0.4 is 0 Å². The van der Waals surface area contributed by atoms with Crippen molar-refractivity contribution in [3.8, 4) is 44.7 Å². The topological polar surface area (TPSA) is 11.3 Å². The molecule has 0 radical (unpaired) electrons. The average Bonchev–Trinajstić information content (AvgIpc) is 2.89. The molecule has 0 unspecified atom stereocenters. The zero-order valence-corrected chi connectivity index (χ0v) is 19.5. The van der Waals surface area contributed by atoms with Crippen molar-refractivity contribution in [1.82, 2.24) is 0 Å². The van der Waals surface area contributed by atoms with Gasteiger partial charge in [0, 0.05) is 11.6 Å². The van der Waals surface area contributed by atoms with E-state index >= 15 is 0 Å². The summed E-state index contributed by atoms with van der Waals surface area (Å²) in [5, 5.41) is 0. The predicted octanol–water partition coefficient (Wildman–Crippen LogP) is 9.84. The molecule has 0 bridgehead atoms. The molecule has 6 heteroatoms. The maximum absolute atomic E-state index is 9.75. The Morgan fingerprint density at radius 3 is 1.19 bits per heavy atom. The van der Waals surface area contributed by atoms with Crippen molar-refractivity contribution >= 4 is 7.25 Å². The summed E-state index contributed by atoms with van der Waals surface area (Å²) >= 11 is 0. The summed E-state index contributed by atoms with van der Waals surface area (Å²) in [5.41, 5.74) is 8.28. The number of hydrogen-bond acceptors (Lipinski definition) is 0. The van der Waals surface area contributed by atoms with Gasteiger partial charge in [0.25, 0.3) is 0 Å². The van der Waals surface area contributed by atoms with Gasteiger partial charge in [0.2, 0.25) is 0 Å². The smallest absolute Gasteiger partial charge is 0.418 e. The predicted molar refractivity (Wildman–Crippen MR) is 140 cm³/mol. The summed E-state index contributed by atoms with van der Waals surface area (Å²) in [6, 6.07) is 42.4. The summed E-state index contributed by atoms with van der Waals surface area (Å²) < 4.78 is 45.1. The first-order valence-electron chi connectivity index (χ1n) is 11.4. The standard InChI is InChI=1S/C30H23O.BF4/c1-22-20-29(27-14-12-25(13-15-27)23-8-4-2-5-9-23)21-30(31-22)28-18-16-26(17-19-28)24-10-6-3-7-11-24;2-1(3,4)5/h2-21H,1H3;/q+1;-1. The Morgan fingerprint density at radius 1 is 0.444 bits per heavy atom. The summed E-state index contributed by atoms with van der Waals surface area (Å²) in [5.74, 6) is 1.77. The van der Waals surface area contributed by atoms with Gasteiger partial charge >= 0.3 is 18.8 Å². The molecule has 5 aromatic rings. The highest BCUT2D eigenvalue weighted by Crippen LogP contribution is 2.31. The fourth-order valence-corrected chi connectivity index (χ4v) is 3.89. The molecule has 0 saturated heterocycles. The highest BCUT2D eigenvalue weighted by atomic mass is 19.5. The van der Waals surface area contributed by atoms with E-state index in [0.29, 0.717) is 0 Å². The van der Waals surface area contributed by atoms with Crippen LogP contribution in [0.25, 0.3) is 44.7 Å². The Labute approximate surface area is 207 Å². The molecule has 0 saturated carbocycles. The number of halogens is 4. The van der Waals surface area contributed by atoms with Crippen LogP contribution in [-0.2, 0) is 0 Å². The van der Waals surface area contributed by atoms with Crippen molar-refractivity contribution in [2.45, 2.75) is 6.92 Å². The summed E-state index contributed by atoms with van der Waals surface area (Å²) in [6.45, 7) is 2.00. The monoisotopic (exact) mass is 486 g/mol. The molecule has 0 atom stereocenters. The maximum atomic E-state index is 9.75. The number of benzene rings is 4. The summed E-state index contributed by atoms with van der Waals surface area (Å²) in [4.78, 5) is 0. The van der Waals surface area contributed by atoms with Crippen molar-refractivity contribution in [3.63, 3.8) is 0 Å². The molecular weight excluding hydrogens is 463 g/mol. The molecule has 4 aromatic carbocycles. The SMILES string of the molecule is Cc1cc(-c2ccc(-c3ccccc3)cc2)cc(-c2ccc(-c3ccccc3)cc2)[o+]1.F[B-](F)(F)F. The molecule has 0 N–H and O–H groups in total. The Balaban J connectivity index is 0.000000556. The zero-order chi connectivity index (χ0) is 25.5. The van der Waals surface area contributed by atoms with Crippen LogP contribution in [0.2, 0.25) is 0 Å². The lowest BCUT2D eigenvalue weighted by molar-refractivity contribution is 0.368. The Hall–Kier alpha value is -4.19. The van der Waals surface area contributed by atoms with E-state index in [1.54, 1.807) is 0 Å². The Morgan fingerprint density at radius 2 is 0.778 bits per heavy atom. The Bertz CT molecular complexity index is 1290. The molecule has 0 aliphatic carbocycles. The van der Waals surface area contributed by atoms with E-state index < -0.39 is 7.25 Å². The van der Waals surface area contributed by atoms with Gasteiger partial charge in [0.15, 0.2) is 0 Å². The molecule has 180 valence electrons. The molecular formula is C30H23BF4O. The van der Waals surface area contributed by atoms with Crippen LogP contribution in [0, 0.1) is 6.92 Å². The minimum atomic E-state index is -6.00. The van der Waals surface area contributed by atoms with Gasteiger partial charge < -0.3 is 17.3 Å². The third-order valence-electron chi connectivity index (χ3n) is 5.52. The van der Waals surface area contributed by atoms with E-state index in [1.165, 1.54) is 27.8 Å². The molecule has 0 aliphatic heterocycles. The summed E-state index contributed by atoms with van der Waals surface area (Å²) in [6.07, 6.45) is 0. The van der Waals surface area contributed by atoms with Crippen LogP contribution in [0.1, 0.15) is 5.76 Å². The molecule has 1 nitrogen and oxygen atoms in total. The van der Waals surface area contributed by atoms with Crippen LogP contribution in [-0.4, -0.2) is 7.25 Å². The van der Waals surface area contributed by atoms with Gasteiger partial charge in [-0.15, -0.1) is 0 Å². The highest BCUT2D eigenvalue weighted by Gasteiger charge is 2.20.